The van der Waals surface area contributed by atoms with Gasteiger partial charge in [0, 0.05) is 18.1 Å². The maximum Gasteiger partial charge on any atom is 0.184 e. The van der Waals surface area contributed by atoms with Crippen LogP contribution in [0.3, 0.4) is 0 Å². The van der Waals surface area contributed by atoms with Crippen LogP contribution in [0.2, 0.25) is 0 Å². The van der Waals surface area contributed by atoms with E-state index in [-0.39, 0.29) is 6.17 Å². The van der Waals surface area contributed by atoms with E-state index >= 15 is 0 Å². The Hall–Kier alpha value is -4.35. The molecule has 1 atom stereocenters. The molecular weight excluding hydrogens is 440 g/mol. The number of aromatic nitrogens is 4. The van der Waals surface area contributed by atoms with E-state index < -0.39 is 0 Å². The summed E-state index contributed by atoms with van der Waals surface area (Å²) < 4.78 is 13.6. The van der Waals surface area contributed by atoms with Gasteiger partial charge in [-0.15, -0.1) is 11.5 Å². The van der Waals surface area contributed by atoms with Crippen molar-refractivity contribution in [3.8, 4) is 18.0 Å². The maximum atomic E-state index is 6.03. The summed E-state index contributed by atoms with van der Waals surface area (Å²) in [6.45, 7) is 4.88. The first-order valence-corrected chi connectivity index (χ1v) is 11.5. The minimum Gasteiger partial charge on any atom is -0.370 e. The first-order valence-electron chi connectivity index (χ1n) is 11.5. The average molecular weight is 465 g/mol. The van der Waals surface area contributed by atoms with Gasteiger partial charge in [0.25, 0.3) is 0 Å². The molecule has 0 amide bonds. The number of ether oxygens (including phenoxy) is 1. The van der Waals surface area contributed by atoms with Crippen molar-refractivity contribution in [2.45, 2.75) is 39.6 Å². The fourth-order valence-electron chi connectivity index (χ4n) is 4.73. The van der Waals surface area contributed by atoms with Crippen LogP contribution in [0.15, 0.2) is 64.8 Å². The highest BCUT2D eigenvalue weighted by Gasteiger charge is 2.37. The highest BCUT2D eigenvalue weighted by Crippen LogP contribution is 2.41. The molecule has 1 N–H and O–H groups in total. The Morgan fingerprint density at radius 3 is 2.77 bits per heavy atom. The lowest BCUT2D eigenvalue weighted by atomic mass is 10.1. The van der Waals surface area contributed by atoms with Crippen LogP contribution >= 0.6 is 0 Å². The van der Waals surface area contributed by atoms with Crippen molar-refractivity contribution >= 4 is 11.4 Å². The van der Waals surface area contributed by atoms with Crippen LogP contribution in [0.25, 0.3) is 11.4 Å². The number of hydrogen-bond donors (Lipinski definition) is 1. The smallest absolute Gasteiger partial charge is 0.184 e. The summed E-state index contributed by atoms with van der Waals surface area (Å²) in [4.78, 5) is 2.27. The molecule has 6 rings (SSSR count). The van der Waals surface area contributed by atoms with E-state index in [1.54, 1.807) is 0 Å². The number of nitrogens with zero attached hydrogens (tertiary/aromatic N) is 5. The first kappa shape index (κ1) is 21.2. The van der Waals surface area contributed by atoms with Crippen molar-refractivity contribution in [2.24, 2.45) is 0 Å². The molecule has 0 radical (unpaired) electrons. The second-order valence-corrected chi connectivity index (χ2v) is 8.74. The number of hydrogen-bond acceptors (Lipinski definition) is 7. The lowest BCUT2D eigenvalue weighted by molar-refractivity contribution is 0.104. The molecule has 0 fully saturated rings. The van der Waals surface area contributed by atoms with Gasteiger partial charge in [0.1, 0.15) is 17.6 Å². The number of aryl methyl sites for hydroxylation is 1. The quantitative estimate of drug-likeness (QED) is 0.448. The number of anilines is 1. The zero-order valence-corrected chi connectivity index (χ0v) is 19.5. The van der Waals surface area contributed by atoms with Crippen molar-refractivity contribution in [2.75, 3.05) is 4.90 Å². The Morgan fingerprint density at radius 2 is 2.00 bits per heavy atom. The molecule has 4 aromatic rings. The molecule has 8 heteroatoms. The van der Waals surface area contributed by atoms with Crippen molar-refractivity contribution in [1.29, 1.82) is 0 Å². The van der Waals surface area contributed by atoms with Crippen LogP contribution in [-0.2, 0) is 24.4 Å². The van der Waals surface area contributed by atoms with E-state index in [1.165, 1.54) is 0 Å². The van der Waals surface area contributed by atoms with Gasteiger partial charge < -0.3 is 19.5 Å². The monoisotopic (exact) mass is 464 g/mol. The van der Waals surface area contributed by atoms with Crippen molar-refractivity contribution in [3.05, 3.63) is 94.3 Å². The van der Waals surface area contributed by atoms with Gasteiger partial charge in [-0.2, -0.15) is 0 Å². The van der Waals surface area contributed by atoms with E-state index in [2.05, 4.69) is 38.5 Å². The SMILES string of the molecule is C#Cc1ccc2c(c1)-n1nnc(COCc3ccccc3)c1CC1=C(c3cc(C)no3)NC(C)N12. The topological polar surface area (TPSA) is 81.2 Å². The number of fused-ring (bicyclic) bond motifs is 5. The zero-order valence-electron chi connectivity index (χ0n) is 19.5. The predicted octanol–water partition coefficient (Wildman–Crippen LogP) is 3.94. The zero-order chi connectivity index (χ0) is 23.9. The molecule has 2 aliphatic rings. The molecule has 0 saturated heterocycles. The fraction of sp³-hybridized carbons (Fsp3) is 0.222. The third-order valence-electron chi connectivity index (χ3n) is 6.35. The van der Waals surface area contributed by atoms with Crippen LogP contribution in [-0.4, -0.2) is 26.3 Å². The van der Waals surface area contributed by atoms with Crippen LogP contribution in [0.1, 0.15) is 40.9 Å². The van der Waals surface area contributed by atoms with Crippen LogP contribution in [0.5, 0.6) is 0 Å². The number of rotatable bonds is 5. The molecule has 4 heterocycles. The molecule has 2 aromatic carbocycles. The summed E-state index contributed by atoms with van der Waals surface area (Å²) in [5.41, 5.74) is 8.32. The number of allylic oxidation sites excluding steroid dienone is 1. The van der Waals surface area contributed by atoms with Crippen molar-refractivity contribution < 1.29 is 9.26 Å². The molecule has 2 aliphatic heterocycles. The normalized spacial score (nSPS) is 16.3. The molecular formula is C27H24N6O2. The molecule has 8 nitrogen and oxygen atoms in total. The Kier molecular flexibility index (Phi) is 5.12. The van der Waals surface area contributed by atoms with Crippen LogP contribution in [0, 0.1) is 19.3 Å². The number of terminal acetylenes is 1. The summed E-state index contributed by atoms with van der Waals surface area (Å²) in [7, 11) is 0. The van der Waals surface area contributed by atoms with Gasteiger partial charge >= 0.3 is 0 Å². The van der Waals surface area contributed by atoms with Crippen LogP contribution in [0.4, 0.5) is 5.69 Å². The summed E-state index contributed by atoms with van der Waals surface area (Å²) in [6, 6.07) is 18.0. The Balaban J connectivity index is 1.44. The largest absolute Gasteiger partial charge is 0.370 e. The van der Waals surface area contributed by atoms with Crippen molar-refractivity contribution in [3.63, 3.8) is 0 Å². The minimum atomic E-state index is -0.00353. The Bertz CT molecular complexity index is 1480. The molecule has 1 unspecified atom stereocenters. The van der Waals surface area contributed by atoms with Gasteiger partial charge in [0.05, 0.1) is 41.7 Å². The summed E-state index contributed by atoms with van der Waals surface area (Å²) in [6.07, 6.45) is 6.32. The average Bonchev–Trinajstić information content (AvgIpc) is 3.54. The second kappa shape index (κ2) is 8.46. The minimum absolute atomic E-state index is 0.00353. The van der Waals surface area contributed by atoms with Gasteiger partial charge in [-0.25, -0.2) is 4.68 Å². The molecule has 0 spiro atoms. The van der Waals surface area contributed by atoms with Gasteiger partial charge in [-0.05, 0) is 37.6 Å². The molecule has 0 aliphatic carbocycles. The highest BCUT2D eigenvalue weighted by molar-refractivity contribution is 5.79. The predicted molar refractivity (Wildman–Crippen MR) is 131 cm³/mol. The Labute approximate surface area is 203 Å². The summed E-state index contributed by atoms with van der Waals surface area (Å²) in [5, 5.41) is 16.7. The molecule has 174 valence electrons. The standard InChI is InChI=1S/C27H24N6O2/c1-4-19-10-11-22-24(13-19)33-23(21(29-31-33)16-34-15-20-8-6-5-7-9-20)14-25-27(28-18(3)32(22)25)26-12-17(2)30-35-26/h1,5-13,18,28H,14-16H2,2-3H3. The maximum absolute atomic E-state index is 6.03. The lowest BCUT2D eigenvalue weighted by Gasteiger charge is -2.26. The van der Waals surface area contributed by atoms with Crippen LogP contribution < -0.4 is 10.2 Å². The lowest BCUT2D eigenvalue weighted by Crippen LogP contribution is -2.34. The fourth-order valence-corrected chi connectivity index (χ4v) is 4.73. The summed E-state index contributed by atoms with van der Waals surface area (Å²) in [5.74, 6) is 3.45. The molecule has 2 aromatic heterocycles. The number of nitrogens with one attached hydrogen (secondary N) is 1. The molecule has 0 bridgehead atoms. The van der Waals surface area contributed by atoms with E-state index in [0.29, 0.717) is 25.4 Å². The van der Waals surface area contributed by atoms with E-state index in [9.17, 15) is 0 Å². The first-order chi connectivity index (χ1) is 17.1. The summed E-state index contributed by atoms with van der Waals surface area (Å²) >= 11 is 0. The third kappa shape index (κ3) is 3.66. The number of benzene rings is 2. The molecule has 35 heavy (non-hydrogen) atoms. The Morgan fingerprint density at radius 1 is 1.14 bits per heavy atom. The van der Waals surface area contributed by atoms with Gasteiger partial charge in [-0.3, -0.25) is 0 Å². The van der Waals surface area contributed by atoms with Gasteiger partial charge in [0.2, 0.25) is 0 Å². The van der Waals surface area contributed by atoms with E-state index in [1.807, 2.05) is 66.2 Å². The third-order valence-corrected chi connectivity index (χ3v) is 6.35. The second-order valence-electron chi connectivity index (χ2n) is 8.74. The highest BCUT2D eigenvalue weighted by atomic mass is 16.5. The van der Waals surface area contributed by atoms with E-state index in [0.717, 1.165) is 51.0 Å². The molecule has 0 saturated carbocycles. The van der Waals surface area contributed by atoms with Gasteiger partial charge in [-0.1, -0.05) is 46.6 Å². The van der Waals surface area contributed by atoms with E-state index in [4.69, 9.17) is 15.7 Å². The van der Waals surface area contributed by atoms with Gasteiger partial charge in [0.15, 0.2) is 5.76 Å². The van der Waals surface area contributed by atoms with Crippen molar-refractivity contribution in [1.82, 2.24) is 25.5 Å².